The number of hydrogen-bond acceptors (Lipinski definition) is 1. The van der Waals surface area contributed by atoms with Crippen LogP contribution < -0.4 is 5.32 Å². The maximum atomic E-state index is 14.0. The molecule has 0 bridgehead atoms. The number of halogens is 1. The monoisotopic (exact) mass is 265 g/mol. The second-order valence-electron chi connectivity index (χ2n) is 5.91. The molecule has 2 heteroatoms. The molecule has 1 nitrogen and oxygen atoms in total. The lowest BCUT2D eigenvalue weighted by Crippen LogP contribution is -2.29. The number of nitrogens with one attached hydrogen (secondary N) is 1. The summed E-state index contributed by atoms with van der Waals surface area (Å²) >= 11 is 0. The summed E-state index contributed by atoms with van der Waals surface area (Å²) in [6.45, 7) is 9.60. The van der Waals surface area contributed by atoms with Crippen molar-refractivity contribution in [1.29, 1.82) is 0 Å². The van der Waals surface area contributed by atoms with Gasteiger partial charge in [0.05, 0.1) is 0 Å². The predicted octanol–water partition coefficient (Wildman–Crippen LogP) is 4.73. The van der Waals surface area contributed by atoms with Gasteiger partial charge in [-0.15, -0.1) is 0 Å². The van der Waals surface area contributed by atoms with Crippen LogP contribution in [0.3, 0.4) is 0 Å². The molecule has 0 heterocycles. The van der Waals surface area contributed by atoms with Crippen LogP contribution >= 0.6 is 0 Å². The topological polar surface area (TPSA) is 12.0 Å². The van der Waals surface area contributed by atoms with Crippen molar-refractivity contribution >= 4 is 0 Å². The second kappa shape index (κ2) is 8.31. The van der Waals surface area contributed by atoms with E-state index in [9.17, 15) is 4.39 Å². The minimum absolute atomic E-state index is 0.0678. The van der Waals surface area contributed by atoms with Gasteiger partial charge in [0, 0.05) is 12.6 Å². The minimum Gasteiger partial charge on any atom is -0.314 e. The molecular weight excluding hydrogens is 237 g/mol. The fraction of sp³-hybridized carbons (Fsp3) is 0.647. The molecule has 0 aliphatic carbocycles. The molecule has 0 aromatic heterocycles. The lowest BCUT2D eigenvalue weighted by molar-refractivity contribution is 0.402. The van der Waals surface area contributed by atoms with E-state index in [0.29, 0.717) is 12.0 Å². The van der Waals surface area contributed by atoms with Crippen LogP contribution in [0.15, 0.2) is 24.3 Å². The molecule has 1 rings (SSSR count). The van der Waals surface area contributed by atoms with Crippen molar-refractivity contribution in [2.45, 2.75) is 58.9 Å². The third kappa shape index (κ3) is 5.73. The summed E-state index contributed by atoms with van der Waals surface area (Å²) in [6.07, 6.45) is 3.46. The average molecular weight is 265 g/mol. The van der Waals surface area contributed by atoms with Crippen LogP contribution in [-0.4, -0.2) is 12.6 Å². The van der Waals surface area contributed by atoms with E-state index in [0.717, 1.165) is 18.5 Å². The van der Waals surface area contributed by atoms with Gasteiger partial charge in [-0.25, -0.2) is 4.39 Å². The third-order valence-corrected chi connectivity index (χ3v) is 3.59. The zero-order chi connectivity index (χ0) is 14.3. The van der Waals surface area contributed by atoms with Crippen LogP contribution in [-0.2, 0) is 0 Å². The highest BCUT2D eigenvalue weighted by Gasteiger charge is 2.18. The highest BCUT2D eigenvalue weighted by Crippen LogP contribution is 2.27. The van der Waals surface area contributed by atoms with Crippen LogP contribution in [0.4, 0.5) is 4.39 Å². The van der Waals surface area contributed by atoms with E-state index in [2.05, 4.69) is 33.0 Å². The quantitative estimate of drug-likeness (QED) is 0.716. The van der Waals surface area contributed by atoms with Crippen LogP contribution in [0.25, 0.3) is 0 Å². The Morgan fingerprint density at radius 1 is 1.16 bits per heavy atom. The Hall–Kier alpha value is -0.890. The van der Waals surface area contributed by atoms with Crippen molar-refractivity contribution in [1.82, 2.24) is 5.32 Å². The van der Waals surface area contributed by atoms with Crippen LogP contribution in [0, 0.1) is 11.7 Å². The van der Waals surface area contributed by atoms with Crippen LogP contribution in [0.2, 0.25) is 0 Å². The molecule has 0 fully saturated rings. The summed E-state index contributed by atoms with van der Waals surface area (Å²) in [5.74, 6) is 0.843. The van der Waals surface area contributed by atoms with Gasteiger partial charge < -0.3 is 5.32 Å². The Kier molecular flexibility index (Phi) is 7.07. The Morgan fingerprint density at radius 2 is 1.84 bits per heavy atom. The minimum atomic E-state index is -0.0678. The molecule has 19 heavy (non-hydrogen) atoms. The summed E-state index contributed by atoms with van der Waals surface area (Å²) in [5.41, 5.74) is 0.860. The number of rotatable bonds is 8. The maximum Gasteiger partial charge on any atom is 0.126 e. The first-order valence-corrected chi connectivity index (χ1v) is 7.52. The summed E-state index contributed by atoms with van der Waals surface area (Å²) in [4.78, 5) is 0. The molecule has 0 aliphatic rings. The molecule has 0 radical (unpaired) electrons. The first kappa shape index (κ1) is 16.2. The van der Waals surface area contributed by atoms with Crippen molar-refractivity contribution < 1.29 is 4.39 Å². The van der Waals surface area contributed by atoms with Crippen molar-refractivity contribution in [2.75, 3.05) is 6.54 Å². The molecule has 1 aromatic rings. The van der Waals surface area contributed by atoms with Gasteiger partial charge in [-0.3, -0.25) is 0 Å². The molecule has 2 atom stereocenters. The van der Waals surface area contributed by atoms with Crippen molar-refractivity contribution in [3.63, 3.8) is 0 Å². The fourth-order valence-electron chi connectivity index (χ4n) is 2.60. The van der Waals surface area contributed by atoms with Gasteiger partial charge in [-0.1, -0.05) is 58.7 Å². The van der Waals surface area contributed by atoms with E-state index >= 15 is 0 Å². The van der Waals surface area contributed by atoms with Gasteiger partial charge >= 0.3 is 0 Å². The van der Waals surface area contributed by atoms with Crippen LogP contribution in [0.5, 0.6) is 0 Å². The smallest absolute Gasteiger partial charge is 0.126 e. The molecule has 0 saturated heterocycles. The van der Waals surface area contributed by atoms with Gasteiger partial charge in [0.25, 0.3) is 0 Å². The Bertz CT molecular complexity index is 362. The van der Waals surface area contributed by atoms with E-state index in [1.807, 2.05) is 12.1 Å². The summed E-state index contributed by atoms with van der Waals surface area (Å²) in [5, 5.41) is 3.45. The van der Waals surface area contributed by atoms with Crippen molar-refractivity contribution in [2.24, 2.45) is 5.92 Å². The van der Waals surface area contributed by atoms with E-state index in [1.165, 1.54) is 12.8 Å². The van der Waals surface area contributed by atoms with Crippen molar-refractivity contribution in [3.05, 3.63) is 35.6 Å². The normalized spacial score (nSPS) is 14.6. The summed E-state index contributed by atoms with van der Waals surface area (Å²) in [6, 6.07) is 7.64. The lowest BCUT2D eigenvalue weighted by atomic mass is 9.87. The fourth-order valence-corrected chi connectivity index (χ4v) is 2.60. The highest BCUT2D eigenvalue weighted by molar-refractivity contribution is 5.22. The summed E-state index contributed by atoms with van der Waals surface area (Å²) < 4.78 is 14.0. The Morgan fingerprint density at radius 3 is 2.42 bits per heavy atom. The zero-order valence-corrected chi connectivity index (χ0v) is 12.7. The Balaban J connectivity index is 2.76. The largest absolute Gasteiger partial charge is 0.314 e. The first-order valence-electron chi connectivity index (χ1n) is 7.52. The van der Waals surface area contributed by atoms with Gasteiger partial charge in [0.1, 0.15) is 5.82 Å². The van der Waals surface area contributed by atoms with Gasteiger partial charge in [-0.05, 0) is 29.9 Å². The molecule has 0 saturated carbocycles. The SMILES string of the molecule is CCCC(C)CC(CNC(C)C)c1ccccc1F. The number of benzene rings is 1. The van der Waals surface area contributed by atoms with Gasteiger partial charge in [0.2, 0.25) is 0 Å². The first-order chi connectivity index (χ1) is 9.04. The van der Waals surface area contributed by atoms with Crippen LogP contribution in [0.1, 0.15) is 58.4 Å². The van der Waals surface area contributed by atoms with Gasteiger partial charge in [-0.2, -0.15) is 0 Å². The lowest BCUT2D eigenvalue weighted by Gasteiger charge is -2.23. The van der Waals surface area contributed by atoms with Gasteiger partial charge in [0.15, 0.2) is 0 Å². The molecule has 0 amide bonds. The zero-order valence-electron chi connectivity index (χ0n) is 12.7. The van der Waals surface area contributed by atoms with E-state index in [-0.39, 0.29) is 11.7 Å². The van der Waals surface area contributed by atoms with Crippen molar-refractivity contribution in [3.8, 4) is 0 Å². The number of hydrogen-bond donors (Lipinski definition) is 1. The molecule has 0 aliphatic heterocycles. The average Bonchev–Trinajstić information content (AvgIpc) is 2.35. The molecule has 0 spiro atoms. The van der Waals surface area contributed by atoms with E-state index in [1.54, 1.807) is 12.1 Å². The highest BCUT2D eigenvalue weighted by atomic mass is 19.1. The molecule has 1 N–H and O–H groups in total. The molecule has 2 unspecified atom stereocenters. The van der Waals surface area contributed by atoms with E-state index in [4.69, 9.17) is 0 Å². The summed E-state index contributed by atoms with van der Waals surface area (Å²) in [7, 11) is 0. The third-order valence-electron chi connectivity index (χ3n) is 3.59. The predicted molar refractivity (Wildman–Crippen MR) is 81.0 cm³/mol. The standard InChI is InChI=1S/C17H28FN/c1-5-8-14(4)11-15(12-19-13(2)3)16-9-6-7-10-17(16)18/h6-7,9-10,13-15,19H,5,8,11-12H2,1-4H3. The Labute approximate surface area is 117 Å². The molecule has 108 valence electrons. The second-order valence-corrected chi connectivity index (χ2v) is 5.91. The molecular formula is C17H28FN. The van der Waals surface area contributed by atoms with E-state index < -0.39 is 0 Å². The molecule has 1 aromatic carbocycles. The maximum absolute atomic E-state index is 14.0.